The average molecular weight is 847 g/mol. The van der Waals surface area contributed by atoms with Gasteiger partial charge in [-0.15, -0.1) is 0 Å². The van der Waals surface area contributed by atoms with E-state index in [1.807, 2.05) is 5.57 Å². The quantitative estimate of drug-likeness (QED) is 0.180. The molecule has 0 aromatic heterocycles. The van der Waals surface area contributed by atoms with Gasteiger partial charge in [0.2, 0.25) is 0 Å². The second kappa shape index (κ2) is 18.9. The number of aryl methyl sites for hydroxylation is 6. The van der Waals surface area contributed by atoms with Crippen molar-refractivity contribution in [3.05, 3.63) is 99.1 Å². The number of hydrogen-bond donors (Lipinski definition) is 0. The summed E-state index contributed by atoms with van der Waals surface area (Å²) in [5.41, 5.74) is 16.6. The Morgan fingerprint density at radius 1 is 0.596 bits per heavy atom. The monoisotopic (exact) mass is 846 g/mol. The Morgan fingerprint density at radius 3 is 1.48 bits per heavy atom. The molecule has 1 heterocycles. The van der Waals surface area contributed by atoms with Crippen molar-refractivity contribution in [3.8, 4) is 0 Å². The maximum atomic E-state index is 6.63. The molecule has 0 N–H and O–H groups in total. The Balaban J connectivity index is 0.000000179. The van der Waals surface area contributed by atoms with Crippen LogP contribution in [0.5, 0.6) is 0 Å². The van der Waals surface area contributed by atoms with Crippen LogP contribution in [-0.4, -0.2) is 34.4 Å². The Morgan fingerprint density at radius 2 is 1.04 bits per heavy atom. The zero-order chi connectivity index (χ0) is 36.8. The summed E-state index contributed by atoms with van der Waals surface area (Å²) < 4.78 is 1.10. The molecule has 3 aliphatic carbocycles. The SMILES string of the molecule is C(=C1CCCCC1P(C1CCCCC1)C1CCCCC1)c1ccccc1.Cc1cc(C)c(N2CCN(c3c(C)cc(C)cc3C)[C]2=[Ru]([Cl])[Cl])c(C)c1. The van der Waals surface area contributed by atoms with E-state index in [1.54, 1.807) is 25.7 Å². The number of benzene rings is 3. The van der Waals surface area contributed by atoms with Crippen LogP contribution in [-0.2, 0) is 13.5 Å². The molecule has 1 saturated heterocycles. The molecule has 3 aromatic carbocycles. The van der Waals surface area contributed by atoms with Crippen molar-refractivity contribution in [2.45, 2.75) is 148 Å². The molecular formula is C46H63Cl2N2PRu. The third kappa shape index (κ3) is 9.65. The molecule has 1 atom stereocenters. The fourth-order valence-electron chi connectivity index (χ4n) is 10.1. The molecule has 0 bridgehead atoms. The summed E-state index contributed by atoms with van der Waals surface area (Å²) in [7, 11) is 13.4. The summed E-state index contributed by atoms with van der Waals surface area (Å²) in [5.74, 6) is 0. The summed E-state index contributed by atoms with van der Waals surface area (Å²) in [5, 5.41) is 0. The number of halogens is 2. The molecule has 6 heteroatoms. The minimum atomic E-state index is -2.12. The number of rotatable bonds is 6. The maximum absolute atomic E-state index is 6.63. The summed E-state index contributed by atoms with van der Waals surface area (Å²) in [6, 6.07) is 20.1. The van der Waals surface area contributed by atoms with Gasteiger partial charge in [-0.3, -0.25) is 0 Å². The van der Waals surface area contributed by atoms with Gasteiger partial charge >= 0.3 is 171 Å². The fraction of sp³-hybridized carbons (Fsp3) is 0.543. The zero-order valence-electron chi connectivity index (χ0n) is 32.8. The van der Waals surface area contributed by atoms with Gasteiger partial charge in [0.1, 0.15) is 0 Å². The predicted octanol–water partition coefficient (Wildman–Crippen LogP) is 14.0. The molecule has 1 unspecified atom stereocenters. The van der Waals surface area contributed by atoms with Crippen LogP contribution in [0.2, 0.25) is 0 Å². The van der Waals surface area contributed by atoms with Crippen LogP contribution in [0.4, 0.5) is 11.4 Å². The van der Waals surface area contributed by atoms with Crippen molar-refractivity contribution in [1.82, 2.24) is 0 Å². The van der Waals surface area contributed by atoms with Gasteiger partial charge in [0.05, 0.1) is 0 Å². The van der Waals surface area contributed by atoms with E-state index >= 15 is 0 Å². The van der Waals surface area contributed by atoms with Crippen molar-refractivity contribution in [3.63, 3.8) is 0 Å². The molecule has 0 radical (unpaired) electrons. The predicted molar refractivity (Wildman–Crippen MR) is 230 cm³/mol. The molecule has 1 aliphatic heterocycles. The van der Waals surface area contributed by atoms with E-state index in [0.717, 1.165) is 34.4 Å². The molecule has 284 valence electrons. The number of nitrogens with zero attached hydrogens (tertiary/aromatic N) is 2. The van der Waals surface area contributed by atoms with Gasteiger partial charge < -0.3 is 0 Å². The molecule has 0 spiro atoms. The van der Waals surface area contributed by atoms with Crippen molar-refractivity contribution in [2.75, 3.05) is 22.9 Å². The first-order valence-corrected chi connectivity index (χ1v) is 27.1. The van der Waals surface area contributed by atoms with Crippen LogP contribution in [0.3, 0.4) is 0 Å². The first-order valence-electron chi connectivity index (χ1n) is 20.2. The van der Waals surface area contributed by atoms with E-state index in [-0.39, 0.29) is 7.92 Å². The summed E-state index contributed by atoms with van der Waals surface area (Å²) in [6.07, 6.45) is 23.7. The van der Waals surface area contributed by atoms with Gasteiger partial charge in [0.15, 0.2) is 0 Å². The standard InChI is InChI=1S/C25H37P.C21H26N2.2ClH.Ru/c1-4-12-21(13-5-1)20-22-14-10-11-19-25(22)26(23-15-6-2-7-16-23)24-17-8-3-9-18-24;1-14-9-16(3)20(17(4)10-14)22-7-8-23(13-22)21-18(5)11-15(2)12-19(21)6;;;/h1,4-5,12-13,20,23-25H,2-3,6-11,14-19H2;9-12H,7-8H2,1-6H3;2*1H;/q;;;;+2/p-2. The second-order valence-electron chi connectivity index (χ2n) is 16.2. The first-order chi connectivity index (χ1) is 25.1. The van der Waals surface area contributed by atoms with E-state index in [2.05, 4.69) is 112 Å². The van der Waals surface area contributed by atoms with Crippen molar-refractivity contribution in [2.24, 2.45) is 0 Å². The Labute approximate surface area is 331 Å². The second-order valence-corrected chi connectivity index (χ2v) is 24.8. The van der Waals surface area contributed by atoms with E-state index in [1.165, 1.54) is 115 Å². The van der Waals surface area contributed by atoms with Crippen LogP contribution >= 0.6 is 27.3 Å². The van der Waals surface area contributed by atoms with Gasteiger partial charge in [-0.2, -0.15) is 0 Å². The zero-order valence-corrected chi connectivity index (χ0v) is 36.9. The van der Waals surface area contributed by atoms with Gasteiger partial charge in [0.25, 0.3) is 0 Å². The van der Waals surface area contributed by atoms with Gasteiger partial charge in [0, 0.05) is 5.66 Å². The summed E-state index contributed by atoms with van der Waals surface area (Å²) >= 11 is -2.12. The van der Waals surface area contributed by atoms with Crippen LogP contribution in [0.15, 0.2) is 60.2 Å². The van der Waals surface area contributed by atoms with E-state index in [4.69, 9.17) is 19.4 Å². The van der Waals surface area contributed by atoms with Gasteiger partial charge in [-0.1, -0.05) is 94.8 Å². The van der Waals surface area contributed by atoms with Crippen LogP contribution in [0.1, 0.15) is 129 Å². The number of allylic oxidation sites excluding steroid dienone is 1. The first kappa shape index (κ1) is 40.2. The molecular weight excluding hydrogens is 783 g/mol. The number of anilines is 2. The average Bonchev–Trinajstić information content (AvgIpc) is 3.54. The summed E-state index contributed by atoms with van der Waals surface area (Å²) in [6.45, 7) is 14.8. The third-order valence-corrected chi connectivity index (χ3v) is 19.0. The number of hydrogen-bond acceptors (Lipinski definition) is 2. The molecule has 4 fully saturated rings. The molecule has 7 rings (SSSR count). The van der Waals surface area contributed by atoms with Crippen LogP contribution in [0, 0.1) is 41.5 Å². The molecule has 2 nitrogen and oxygen atoms in total. The van der Waals surface area contributed by atoms with Crippen LogP contribution < -0.4 is 9.80 Å². The van der Waals surface area contributed by atoms with Gasteiger partial charge in [-0.05, 0) is 61.8 Å². The fourth-order valence-corrected chi connectivity index (χ4v) is 17.9. The normalized spacial score (nSPS) is 21.5. The van der Waals surface area contributed by atoms with Gasteiger partial charge in [-0.25, -0.2) is 0 Å². The topological polar surface area (TPSA) is 6.48 Å². The third-order valence-electron chi connectivity index (χ3n) is 12.0. The van der Waals surface area contributed by atoms with E-state index < -0.39 is 13.5 Å². The summed E-state index contributed by atoms with van der Waals surface area (Å²) in [4.78, 5) is 4.73. The Hall–Kier alpha value is -1.50. The molecule has 0 amide bonds. The minimum absolute atomic E-state index is 0.181. The van der Waals surface area contributed by atoms with Crippen LogP contribution in [0.25, 0.3) is 6.08 Å². The Bertz CT molecular complexity index is 1590. The molecule has 4 aliphatic rings. The van der Waals surface area contributed by atoms with Crippen molar-refractivity contribution in [1.29, 1.82) is 0 Å². The van der Waals surface area contributed by atoms with Crippen molar-refractivity contribution >= 4 is 49.1 Å². The molecule has 3 aromatic rings. The molecule has 52 heavy (non-hydrogen) atoms. The van der Waals surface area contributed by atoms with E-state index in [9.17, 15) is 0 Å². The van der Waals surface area contributed by atoms with E-state index in [0.29, 0.717) is 0 Å². The van der Waals surface area contributed by atoms with Crippen molar-refractivity contribution < 1.29 is 13.5 Å². The molecule has 3 saturated carbocycles. The Kier molecular flexibility index (Phi) is 14.6.